The Labute approximate surface area is 194 Å². The summed E-state index contributed by atoms with van der Waals surface area (Å²) in [6.07, 6.45) is 1.79. The average Bonchev–Trinajstić information content (AvgIpc) is 2.76. The molecule has 0 spiro atoms. The Morgan fingerprint density at radius 3 is 2.39 bits per heavy atom. The number of hydrazone groups is 1. The lowest BCUT2D eigenvalue weighted by Gasteiger charge is -2.19. The number of methoxy groups -OCH3 is 1. The standard InChI is InChI=1S/C27H29N3O3/c1-27(2,3)33-26(31)29-14-13-24-16-20(9-12-25(24)32-4)6-5-19-7-10-23-17-21(18-30-28)8-11-22(23)15-19/h7-12,15-18H,13-14,28H2,1-4H3,(H,29,31). The molecule has 0 fully saturated rings. The van der Waals surface area contributed by atoms with E-state index in [0.29, 0.717) is 13.0 Å². The topological polar surface area (TPSA) is 85.9 Å². The molecule has 0 aliphatic heterocycles. The molecule has 6 heteroatoms. The van der Waals surface area contributed by atoms with Gasteiger partial charge in [0.1, 0.15) is 11.4 Å². The highest BCUT2D eigenvalue weighted by atomic mass is 16.6. The van der Waals surface area contributed by atoms with E-state index in [1.807, 2.05) is 69.3 Å². The molecule has 0 radical (unpaired) electrons. The normalized spacial score (nSPS) is 11.2. The van der Waals surface area contributed by atoms with E-state index in [4.69, 9.17) is 15.3 Å². The third-order valence-electron chi connectivity index (χ3n) is 4.78. The minimum absolute atomic E-state index is 0.434. The zero-order chi connectivity index (χ0) is 23.8. The van der Waals surface area contributed by atoms with Gasteiger partial charge in [0.2, 0.25) is 0 Å². The molecule has 3 N–H and O–H groups in total. The number of carbonyl (C=O) groups excluding carboxylic acids is 1. The number of hydrogen-bond acceptors (Lipinski definition) is 5. The zero-order valence-corrected chi connectivity index (χ0v) is 19.4. The molecule has 0 unspecified atom stereocenters. The van der Waals surface area contributed by atoms with E-state index in [1.54, 1.807) is 13.3 Å². The molecule has 3 aromatic rings. The first-order chi connectivity index (χ1) is 15.8. The van der Waals surface area contributed by atoms with Gasteiger partial charge in [-0.15, -0.1) is 0 Å². The van der Waals surface area contributed by atoms with Crippen LogP contribution in [-0.4, -0.2) is 31.6 Å². The molecule has 33 heavy (non-hydrogen) atoms. The van der Waals surface area contributed by atoms with Crippen LogP contribution in [0.5, 0.6) is 5.75 Å². The summed E-state index contributed by atoms with van der Waals surface area (Å²) in [5.74, 6) is 12.4. The van der Waals surface area contributed by atoms with E-state index in [2.05, 4.69) is 28.3 Å². The molecular weight excluding hydrogens is 414 g/mol. The minimum atomic E-state index is -0.527. The van der Waals surface area contributed by atoms with Gasteiger partial charge >= 0.3 is 6.09 Å². The van der Waals surface area contributed by atoms with E-state index in [1.165, 1.54) is 0 Å². The lowest BCUT2D eigenvalue weighted by molar-refractivity contribution is 0.0528. The number of fused-ring (bicyclic) bond motifs is 1. The summed E-state index contributed by atoms with van der Waals surface area (Å²) < 4.78 is 10.7. The Hall–Kier alpha value is -3.98. The molecule has 0 bridgehead atoms. The maximum absolute atomic E-state index is 11.9. The highest BCUT2D eigenvalue weighted by Gasteiger charge is 2.15. The lowest BCUT2D eigenvalue weighted by atomic mass is 10.0. The van der Waals surface area contributed by atoms with Crippen molar-refractivity contribution in [3.8, 4) is 17.6 Å². The van der Waals surface area contributed by atoms with E-state index < -0.39 is 11.7 Å². The molecule has 0 heterocycles. The van der Waals surface area contributed by atoms with E-state index >= 15 is 0 Å². The highest BCUT2D eigenvalue weighted by molar-refractivity contribution is 5.91. The number of alkyl carbamates (subject to hydrolysis) is 1. The molecule has 0 saturated heterocycles. The van der Waals surface area contributed by atoms with Gasteiger partial charge in [-0.25, -0.2) is 4.79 Å². The van der Waals surface area contributed by atoms with Gasteiger partial charge in [-0.1, -0.05) is 30.0 Å². The van der Waals surface area contributed by atoms with Crippen LogP contribution in [0.25, 0.3) is 10.8 Å². The fourth-order valence-corrected chi connectivity index (χ4v) is 3.32. The van der Waals surface area contributed by atoms with Gasteiger partial charge in [0.05, 0.1) is 13.3 Å². The summed E-state index contributed by atoms with van der Waals surface area (Å²) in [4.78, 5) is 11.9. The van der Waals surface area contributed by atoms with Gasteiger partial charge < -0.3 is 20.6 Å². The number of hydrogen-bond donors (Lipinski definition) is 2. The fraction of sp³-hybridized carbons (Fsp3) is 0.259. The maximum Gasteiger partial charge on any atom is 0.407 e. The lowest BCUT2D eigenvalue weighted by Crippen LogP contribution is -2.33. The van der Waals surface area contributed by atoms with Crippen molar-refractivity contribution in [2.75, 3.05) is 13.7 Å². The van der Waals surface area contributed by atoms with Crippen LogP contribution in [0.4, 0.5) is 4.79 Å². The van der Waals surface area contributed by atoms with Crippen LogP contribution in [0.1, 0.15) is 43.0 Å². The largest absolute Gasteiger partial charge is 0.496 e. The third-order valence-corrected chi connectivity index (χ3v) is 4.78. The first kappa shape index (κ1) is 23.7. The highest BCUT2D eigenvalue weighted by Crippen LogP contribution is 2.21. The van der Waals surface area contributed by atoms with Crippen LogP contribution in [0.15, 0.2) is 59.7 Å². The summed E-state index contributed by atoms with van der Waals surface area (Å²) >= 11 is 0. The smallest absolute Gasteiger partial charge is 0.407 e. The van der Waals surface area contributed by atoms with E-state index in [9.17, 15) is 4.79 Å². The Morgan fingerprint density at radius 2 is 1.70 bits per heavy atom. The van der Waals surface area contributed by atoms with Crippen molar-refractivity contribution in [1.82, 2.24) is 5.32 Å². The number of nitrogens with two attached hydrogens (primary N) is 1. The van der Waals surface area contributed by atoms with Crippen LogP contribution in [0.3, 0.4) is 0 Å². The molecule has 3 aromatic carbocycles. The Morgan fingerprint density at radius 1 is 1.03 bits per heavy atom. The van der Waals surface area contributed by atoms with Crippen LogP contribution in [0, 0.1) is 11.8 Å². The Bertz CT molecular complexity index is 1230. The molecule has 0 atom stereocenters. The second kappa shape index (κ2) is 10.6. The van der Waals surface area contributed by atoms with Crippen molar-refractivity contribution in [3.05, 3.63) is 76.9 Å². The van der Waals surface area contributed by atoms with Gasteiger partial charge in [0.25, 0.3) is 0 Å². The number of carbonyl (C=O) groups is 1. The molecule has 0 aromatic heterocycles. The third kappa shape index (κ3) is 7.01. The summed E-state index contributed by atoms with van der Waals surface area (Å²) in [6.45, 7) is 5.94. The summed E-state index contributed by atoms with van der Waals surface area (Å²) in [6, 6.07) is 17.9. The summed E-state index contributed by atoms with van der Waals surface area (Å²) in [5.41, 5.74) is 3.19. The number of nitrogens with zero attached hydrogens (tertiary/aromatic N) is 1. The second-order valence-electron chi connectivity index (χ2n) is 8.55. The van der Waals surface area contributed by atoms with Crippen molar-refractivity contribution in [1.29, 1.82) is 0 Å². The molecule has 0 aliphatic carbocycles. The predicted molar refractivity (Wildman–Crippen MR) is 133 cm³/mol. The van der Waals surface area contributed by atoms with Crippen molar-refractivity contribution in [2.45, 2.75) is 32.8 Å². The second-order valence-corrected chi connectivity index (χ2v) is 8.55. The van der Waals surface area contributed by atoms with Crippen LogP contribution >= 0.6 is 0 Å². The predicted octanol–water partition coefficient (Wildman–Crippen LogP) is 4.61. The minimum Gasteiger partial charge on any atom is -0.496 e. The molecule has 1 amide bonds. The maximum atomic E-state index is 11.9. The molecular formula is C27H29N3O3. The number of amides is 1. The van der Waals surface area contributed by atoms with Gasteiger partial charge in [0, 0.05) is 17.7 Å². The molecule has 3 rings (SSSR count). The summed E-state index contributed by atoms with van der Waals surface area (Å²) in [5, 5.41) is 8.54. The fourth-order valence-electron chi connectivity index (χ4n) is 3.32. The van der Waals surface area contributed by atoms with Crippen molar-refractivity contribution in [3.63, 3.8) is 0 Å². The molecule has 170 valence electrons. The average molecular weight is 444 g/mol. The van der Waals surface area contributed by atoms with Gasteiger partial charge in [-0.2, -0.15) is 5.10 Å². The Kier molecular flexibility index (Phi) is 7.57. The SMILES string of the molecule is COc1ccc(C#Cc2ccc3cc(C=NN)ccc3c2)cc1CCNC(=O)OC(C)(C)C. The van der Waals surface area contributed by atoms with Gasteiger partial charge in [-0.3, -0.25) is 0 Å². The summed E-state index contributed by atoms with van der Waals surface area (Å²) in [7, 11) is 1.63. The van der Waals surface area contributed by atoms with Gasteiger partial charge in [0.15, 0.2) is 0 Å². The van der Waals surface area contributed by atoms with Crippen LogP contribution in [0.2, 0.25) is 0 Å². The van der Waals surface area contributed by atoms with Crippen LogP contribution in [-0.2, 0) is 11.2 Å². The van der Waals surface area contributed by atoms with Crippen LogP contribution < -0.4 is 15.9 Å². The molecule has 0 aliphatic rings. The molecule has 6 nitrogen and oxygen atoms in total. The van der Waals surface area contributed by atoms with Crippen molar-refractivity contribution < 1.29 is 14.3 Å². The number of benzene rings is 3. The van der Waals surface area contributed by atoms with E-state index in [-0.39, 0.29) is 0 Å². The zero-order valence-electron chi connectivity index (χ0n) is 19.4. The molecule has 0 saturated carbocycles. The number of ether oxygens (including phenoxy) is 2. The monoisotopic (exact) mass is 443 g/mol. The van der Waals surface area contributed by atoms with E-state index in [0.717, 1.165) is 38.8 Å². The number of rotatable bonds is 5. The number of nitrogens with one attached hydrogen (secondary N) is 1. The van der Waals surface area contributed by atoms with Crippen molar-refractivity contribution in [2.24, 2.45) is 10.9 Å². The van der Waals surface area contributed by atoms with Crippen molar-refractivity contribution >= 4 is 23.1 Å². The Balaban J connectivity index is 1.73. The first-order valence-corrected chi connectivity index (χ1v) is 10.7. The first-order valence-electron chi connectivity index (χ1n) is 10.7. The quantitative estimate of drug-likeness (QED) is 0.261. The van der Waals surface area contributed by atoms with Gasteiger partial charge in [-0.05, 0) is 85.5 Å².